The zero-order valence-electron chi connectivity index (χ0n) is 17.1. The number of amides is 1. The predicted octanol–water partition coefficient (Wildman–Crippen LogP) is 4.98. The first-order chi connectivity index (χ1) is 14.4. The first kappa shape index (κ1) is 21.2. The SMILES string of the molecule is COc1ccc(Cl)cc1-n1c(C)cc(/C=C(/C#N)C(=O)NCc2ccccc2)c1C. The lowest BCUT2D eigenvalue weighted by atomic mass is 10.1. The van der Waals surface area contributed by atoms with Crippen molar-refractivity contribution in [3.05, 3.63) is 87.7 Å². The van der Waals surface area contributed by atoms with Crippen molar-refractivity contribution in [2.24, 2.45) is 0 Å². The van der Waals surface area contributed by atoms with Gasteiger partial charge in [-0.2, -0.15) is 5.26 Å². The maximum absolute atomic E-state index is 12.5. The lowest BCUT2D eigenvalue weighted by Crippen LogP contribution is -2.23. The molecular weight excluding hydrogens is 398 g/mol. The quantitative estimate of drug-likeness (QED) is 0.452. The zero-order valence-corrected chi connectivity index (χ0v) is 17.8. The number of hydrogen-bond donors (Lipinski definition) is 1. The fraction of sp³-hybridized carbons (Fsp3) is 0.167. The van der Waals surface area contributed by atoms with E-state index in [1.54, 1.807) is 19.3 Å². The highest BCUT2D eigenvalue weighted by Crippen LogP contribution is 2.31. The molecular formula is C24H22ClN3O2. The van der Waals surface area contributed by atoms with Crippen LogP contribution in [0.2, 0.25) is 5.02 Å². The summed E-state index contributed by atoms with van der Waals surface area (Å²) in [5.41, 5.74) is 4.39. The van der Waals surface area contributed by atoms with Gasteiger partial charge in [0.15, 0.2) is 0 Å². The fourth-order valence-corrected chi connectivity index (χ4v) is 3.49. The number of nitrogens with one attached hydrogen (secondary N) is 1. The number of nitriles is 1. The third-order valence-electron chi connectivity index (χ3n) is 4.81. The molecule has 5 nitrogen and oxygen atoms in total. The molecule has 6 heteroatoms. The van der Waals surface area contributed by atoms with E-state index < -0.39 is 5.91 Å². The molecule has 0 fully saturated rings. The van der Waals surface area contributed by atoms with Crippen LogP contribution in [0.1, 0.15) is 22.5 Å². The van der Waals surface area contributed by atoms with Gasteiger partial charge < -0.3 is 14.6 Å². The molecule has 1 heterocycles. The van der Waals surface area contributed by atoms with E-state index in [1.807, 2.05) is 73.0 Å². The maximum Gasteiger partial charge on any atom is 0.262 e. The average molecular weight is 420 g/mol. The number of aromatic nitrogens is 1. The van der Waals surface area contributed by atoms with E-state index in [0.29, 0.717) is 17.3 Å². The number of halogens is 1. The van der Waals surface area contributed by atoms with Crippen LogP contribution in [0, 0.1) is 25.2 Å². The number of aryl methyl sites for hydroxylation is 1. The third kappa shape index (κ3) is 4.56. The summed E-state index contributed by atoms with van der Waals surface area (Å²) >= 11 is 6.19. The molecule has 0 spiro atoms. The molecule has 0 aliphatic heterocycles. The Bertz CT molecular complexity index is 1140. The molecule has 3 rings (SSSR count). The monoisotopic (exact) mass is 419 g/mol. The minimum Gasteiger partial charge on any atom is -0.495 e. The van der Waals surface area contributed by atoms with Crippen molar-refractivity contribution in [2.75, 3.05) is 7.11 Å². The van der Waals surface area contributed by atoms with Crippen LogP contribution in [0.4, 0.5) is 0 Å². The normalized spacial score (nSPS) is 11.1. The van der Waals surface area contributed by atoms with Gasteiger partial charge >= 0.3 is 0 Å². The van der Waals surface area contributed by atoms with E-state index in [0.717, 1.165) is 28.2 Å². The third-order valence-corrected chi connectivity index (χ3v) is 5.05. The van der Waals surface area contributed by atoms with Gasteiger partial charge in [0.05, 0.1) is 12.8 Å². The second-order valence-electron chi connectivity index (χ2n) is 6.82. The highest BCUT2D eigenvalue weighted by Gasteiger charge is 2.16. The van der Waals surface area contributed by atoms with Crippen LogP contribution in [0.3, 0.4) is 0 Å². The van der Waals surface area contributed by atoms with Crippen molar-refractivity contribution in [1.29, 1.82) is 5.26 Å². The Kier molecular flexibility index (Phi) is 6.61. The van der Waals surface area contributed by atoms with Gasteiger partial charge in [-0.1, -0.05) is 41.9 Å². The first-order valence-corrected chi connectivity index (χ1v) is 9.79. The Morgan fingerprint density at radius 1 is 1.20 bits per heavy atom. The van der Waals surface area contributed by atoms with Crippen molar-refractivity contribution < 1.29 is 9.53 Å². The lowest BCUT2D eigenvalue weighted by molar-refractivity contribution is -0.117. The van der Waals surface area contributed by atoms with Gasteiger partial charge in [0.2, 0.25) is 0 Å². The fourth-order valence-electron chi connectivity index (χ4n) is 3.32. The summed E-state index contributed by atoms with van der Waals surface area (Å²) in [5, 5.41) is 12.9. The van der Waals surface area contributed by atoms with Gasteiger partial charge in [-0.05, 0) is 55.3 Å². The molecule has 0 radical (unpaired) electrons. The summed E-state index contributed by atoms with van der Waals surface area (Å²) in [4.78, 5) is 12.5. The van der Waals surface area contributed by atoms with Crippen molar-refractivity contribution in [2.45, 2.75) is 20.4 Å². The molecule has 0 saturated heterocycles. The van der Waals surface area contributed by atoms with Crippen molar-refractivity contribution in [3.8, 4) is 17.5 Å². The van der Waals surface area contributed by atoms with E-state index in [9.17, 15) is 10.1 Å². The Morgan fingerprint density at radius 2 is 1.93 bits per heavy atom. The zero-order chi connectivity index (χ0) is 21.7. The molecule has 152 valence electrons. The van der Waals surface area contributed by atoms with Crippen LogP contribution in [-0.2, 0) is 11.3 Å². The molecule has 0 bridgehead atoms. The van der Waals surface area contributed by atoms with E-state index in [-0.39, 0.29) is 5.57 Å². The van der Waals surface area contributed by atoms with E-state index in [1.165, 1.54) is 0 Å². The summed E-state index contributed by atoms with van der Waals surface area (Å²) in [6, 6.07) is 18.9. The van der Waals surface area contributed by atoms with Crippen molar-refractivity contribution in [1.82, 2.24) is 9.88 Å². The summed E-state index contributed by atoms with van der Waals surface area (Å²) in [5.74, 6) is 0.268. The molecule has 3 aromatic rings. The number of carbonyl (C=O) groups excluding carboxylic acids is 1. The van der Waals surface area contributed by atoms with Crippen LogP contribution in [-0.4, -0.2) is 17.6 Å². The van der Waals surface area contributed by atoms with E-state index in [2.05, 4.69) is 5.32 Å². The smallest absolute Gasteiger partial charge is 0.262 e. The van der Waals surface area contributed by atoms with Crippen LogP contribution in [0.25, 0.3) is 11.8 Å². The number of methoxy groups -OCH3 is 1. The Balaban J connectivity index is 1.91. The topological polar surface area (TPSA) is 67.0 Å². The van der Waals surface area contributed by atoms with Gasteiger partial charge in [0, 0.05) is 23.0 Å². The van der Waals surface area contributed by atoms with E-state index in [4.69, 9.17) is 16.3 Å². The van der Waals surface area contributed by atoms with E-state index >= 15 is 0 Å². The minimum atomic E-state index is -0.411. The Morgan fingerprint density at radius 3 is 2.60 bits per heavy atom. The molecule has 30 heavy (non-hydrogen) atoms. The second kappa shape index (κ2) is 9.34. The Labute approximate surface area is 181 Å². The molecule has 1 aromatic heterocycles. The summed E-state index contributed by atoms with van der Waals surface area (Å²) in [6.45, 7) is 4.24. The largest absolute Gasteiger partial charge is 0.495 e. The number of benzene rings is 2. The van der Waals surface area contributed by atoms with Crippen molar-refractivity contribution in [3.63, 3.8) is 0 Å². The summed E-state index contributed by atoms with van der Waals surface area (Å²) < 4.78 is 7.47. The molecule has 1 amide bonds. The van der Waals surface area contributed by atoms with Crippen molar-refractivity contribution >= 4 is 23.6 Å². The average Bonchev–Trinajstić information content (AvgIpc) is 3.03. The predicted molar refractivity (Wildman–Crippen MR) is 119 cm³/mol. The minimum absolute atomic E-state index is 0.0456. The number of hydrogen-bond acceptors (Lipinski definition) is 3. The highest BCUT2D eigenvalue weighted by atomic mass is 35.5. The molecule has 0 saturated carbocycles. The standard InChI is InChI=1S/C24H22ClN3O2/c1-16-11-19(17(2)28(16)22-13-21(25)9-10-23(22)30-3)12-20(14-26)24(29)27-15-18-7-5-4-6-8-18/h4-13H,15H2,1-3H3,(H,27,29)/b20-12-. The van der Waals surface area contributed by atoms with Gasteiger partial charge in [-0.3, -0.25) is 4.79 Å². The molecule has 2 aromatic carbocycles. The molecule has 0 aliphatic carbocycles. The maximum atomic E-state index is 12.5. The number of carbonyl (C=O) groups is 1. The van der Waals surface area contributed by atoms with Crippen LogP contribution >= 0.6 is 11.6 Å². The molecule has 1 N–H and O–H groups in total. The van der Waals surface area contributed by atoms with Gasteiger partial charge in [-0.15, -0.1) is 0 Å². The van der Waals surface area contributed by atoms with Crippen LogP contribution in [0.15, 0.2) is 60.2 Å². The lowest BCUT2D eigenvalue weighted by Gasteiger charge is -2.14. The number of nitrogens with zero attached hydrogens (tertiary/aromatic N) is 2. The van der Waals surface area contributed by atoms with Crippen LogP contribution < -0.4 is 10.1 Å². The van der Waals surface area contributed by atoms with Gasteiger partial charge in [0.1, 0.15) is 17.4 Å². The molecule has 0 unspecified atom stereocenters. The number of ether oxygens (including phenoxy) is 1. The summed E-state index contributed by atoms with van der Waals surface area (Å²) in [6.07, 6.45) is 1.61. The Hall–Kier alpha value is -3.49. The molecule has 0 aliphatic rings. The van der Waals surface area contributed by atoms with Crippen LogP contribution in [0.5, 0.6) is 5.75 Å². The van der Waals surface area contributed by atoms with Gasteiger partial charge in [-0.25, -0.2) is 0 Å². The molecule has 0 atom stereocenters. The highest BCUT2D eigenvalue weighted by molar-refractivity contribution is 6.30. The van der Waals surface area contributed by atoms with Gasteiger partial charge in [0.25, 0.3) is 5.91 Å². The first-order valence-electron chi connectivity index (χ1n) is 9.41. The summed E-state index contributed by atoms with van der Waals surface area (Å²) in [7, 11) is 1.60. The number of rotatable bonds is 6. The second-order valence-corrected chi connectivity index (χ2v) is 7.25.